The molecule has 8 nitrogen and oxygen atoms in total. The molecule has 1 fully saturated rings. The highest BCUT2D eigenvalue weighted by molar-refractivity contribution is 8.18. The van der Waals surface area contributed by atoms with Gasteiger partial charge in [-0.3, -0.25) is 19.3 Å². The van der Waals surface area contributed by atoms with E-state index in [1.54, 1.807) is 24.3 Å². The van der Waals surface area contributed by atoms with Gasteiger partial charge >= 0.3 is 5.97 Å². The Bertz CT molecular complexity index is 1050. The molecule has 0 aromatic heterocycles. The molecular formula is C19H13ClN2O6S. The van der Waals surface area contributed by atoms with E-state index in [-0.39, 0.29) is 16.2 Å². The minimum absolute atomic E-state index is 0.105. The van der Waals surface area contributed by atoms with Crippen molar-refractivity contribution in [3.05, 3.63) is 63.5 Å². The maximum absolute atomic E-state index is 12.5. The van der Waals surface area contributed by atoms with Crippen LogP contribution in [0, 0.1) is 0 Å². The van der Waals surface area contributed by atoms with E-state index in [1.165, 1.54) is 12.1 Å². The van der Waals surface area contributed by atoms with Crippen molar-refractivity contribution in [3.8, 4) is 5.75 Å². The van der Waals surface area contributed by atoms with Crippen LogP contribution in [0.3, 0.4) is 0 Å². The monoisotopic (exact) mass is 432 g/mol. The van der Waals surface area contributed by atoms with Crippen molar-refractivity contribution in [2.45, 2.75) is 0 Å². The molecule has 10 heteroatoms. The van der Waals surface area contributed by atoms with Crippen LogP contribution in [0.4, 0.5) is 10.5 Å². The largest absolute Gasteiger partial charge is 0.507 e. The molecule has 0 saturated carbocycles. The zero-order valence-electron chi connectivity index (χ0n) is 14.6. The normalized spacial score (nSPS) is 15.1. The molecule has 0 aliphatic carbocycles. The number of aromatic hydroxyl groups is 1. The van der Waals surface area contributed by atoms with Crippen LogP contribution in [0.5, 0.6) is 5.75 Å². The van der Waals surface area contributed by atoms with Gasteiger partial charge in [0.25, 0.3) is 11.1 Å². The Balaban J connectivity index is 1.70. The first-order chi connectivity index (χ1) is 13.7. The molecule has 0 atom stereocenters. The number of amides is 3. The van der Waals surface area contributed by atoms with Crippen LogP contribution < -0.4 is 5.32 Å². The van der Waals surface area contributed by atoms with Gasteiger partial charge in [-0.2, -0.15) is 0 Å². The highest BCUT2D eigenvalue weighted by atomic mass is 35.5. The summed E-state index contributed by atoms with van der Waals surface area (Å²) in [4.78, 5) is 48.8. The molecular weight excluding hydrogens is 420 g/mol. The number of carboxylic acid groups (broad SMARTS) is 1. The summed E-state index contributed by atoms with van der Waals surface area (Å²) < 4.78 is 0. The summed E-state index contributed by atoms with van der Waals surface area (Å²) in [5.41, 5.74) is 0.392. The molecule has 3 rings (SSSR count). The third-order valence-electron chi connectivity index (χ3n) is 3.85. The number of nitrogens with zero attached hydrogens (tertiary/aromatic N) is 1. The van der Waals surface area contributed by atoms with E-state index in [1.807, 2.05) is 0 Å². The average Bonchev–Trinajstić information content (AvgIpc) is 2.92. The second-order valence-electron chi connectivity index (χ2n) is 5.90. The fraction of sp³-hybridized carbons (Fsp3) is 0.0526. The number of carbonyl (C=O) groups excluding carboxylic acids is 3. The van der Waals surface area contributed by atoms with Crippen LogP contribution >= 0.6 is 23.4 Å². The number of benzene rings is 2. The zero-order valence-corrected chi connectivity index (χ0v) is 16.2. The molecule has 3 amide bonds. The smallest absolute Gasteiger partial charge is 0.339 e. The molecule has 1 aliphatic heterocycles. The number of aromatic carboxylic acids is 1. The van der Waals surface area contributed by atoms with Gasteiger partial charge in [0.15, 0.2) is 0 Å². The Kier molecular flexibility index (Phi) is 5.90. The Morgan fingerprint density at radius 3 is 2.48 bits per heavy atom. The van der Waals surface area contributed by atoms with Gasteiger partial charge in [0.2, 0.25) is 5.91 Å². The van der Waals surface area contributed by atoms with Crippen LogP contribution in [0.15, 0.2) is 47.4 Å². The van der Waals surface area contributed by atoms with E-state index in [9.17, 15) is 24.3 Å². The average molecular weight is 433 g/mol. The van der Waals surface area contributed by atoms with E-state index in [4.69, 9.17) is 16.7 Å². The standard InChI is InChI=1S/C19H13ClN2O6S/c20-11-3-1-10(2-4-11)7-15-17(25)22(19(28)29-15)9-16(24)21-12-5-6-14(23)13(8-12)18(26)27/h1-8,23H,9H2,(H,21,24)(H,26,27). The lowest BCUT2D eigenvalue weighted by Gasteiger charge is -2.13. The minimum Gasteiger partial charge on any atom is -0.507 e. The number of halogens is 1. The number of carbonyl (C=O) groups is 4. The van der Waals surface area contributed by atoms with Gasteiger partial charge in [-0.05, 0) is 53.7 Å². The van der Waals surface area contributed by atoms with Crippen molar-refractivity contribution in [1.82, 2.24) is 4.90 Å². The van der Waals surface area contributed by atoms with Crippen LogP contribution in [0.2, 0.25) is 5.02 Å². The molecule has 0 bridgehead atoms. The molecule has 1 saturated heterocycles. The van der Waals surface area contributed by atoms with Gasteiger partial charge in [0, 0.05) is 10.7 Å². The third kappa shape index (κ3) is 4.76. The van der Waals surface area contributed by atoms with Gasteiger partial charge in [-0.1, -0.05) is 23.7 Å². The number of hydrogen-bond donors (Lipinski definition) is 3. The summed E-state index contributed by atoms with van der Waals surface area (Å²) >= 11 is 6.53. The molecule has 0 radical (unpaired) electrons. The number of anilines is 1. The topological polar surface area (TPSA) is 124 Å². The van der Waals surface area contributed by atoms with Gasteiger partial charge < -0.3 is 15.5 Å². The van der Waals surface area contributed by atoms with Crippen molar-refractivity contribution in [2.24, 2.45) is 0 Å². The second kappa shape index (κ2) is 8.38. The van der Waals surface area contributed by atoms with Gasteiger partial charge in [-0.15, -0.1) is 0 Å². The number of phenols is 1. The van der Waals surface area contributed by atoms with Crippen LogP contribution in [0.1, 0.15) is 15.9 Å². The number of thioether (sulfide) groups is 1. The first kappa shape index (κ1) is 20.4. The predicted octanol–water partition coefficient (Wildman–Crippen LogP) is 3.42. The summed E-state index contributed by atoms with van der Waals surface area (Å²) in [6.45, 7) is -0.536. The molecule has 29 heavy (non-hydrogen) atoms. The maximum Gasteiger partial charge on any atom is 0.339 e. The molecule has 1 heterocycles. The predicted molar refractivity (Wildman–Crippen MR) is 108 cm³/mol. The molecule has 2 aromatic carbocycles. The summed E-state index contributed by atoms with van der Waals surface area (Å²) in [5.74, 6) is -3.12. The third-order valence-corrected chi connectivity index (χ3v) is 5.01. The number of nitrogens with one attached hydrogen (secondary N) is 1. The number of hydrogen-bond acceptors (Lipinski definition) is 6. The zero-order chi connectivity index (χ0) is 21.1. The van der Waals surface area contributed by atoms with Crippen molar-refractivity contribution >= 4 is 58.1 Å². The molecule has 2 aromatic rings. The molecule has 1 aliphatic rings. The minimum atomic E-state index is -1.36. The SMILES string of the molecule is O=C(CN1C(=O)SC(=Cc2ccc(Cl)cc2)C1=O)Nc1ccc(O)c(C(=O)O)c1. The van der Waals surface area contributed by atoms with Crippen LogP contribution in [-0.2, 0) is 9.59 Å². The van der Waals surface area contributed by atoms with Crippen LogP contribution in [0.25, 0.3) is 6.08 Å². The maximum atomic E-state index is 12.5. The Labute approximate surface area is 173 Å². The second-order valence-corrected chi connectivity index (χ2v) is 7.33. The van der Waals surface area contributed by atoms with Crippen molar-refractivity contribution < 1.29 is 29.4 Å². The van der Waals surface area contributed by atoms with Crippen molar-refractivity contribution in [3.63, 3.8) is 0 Å². The first-order valence-electron chi connectivity index (χ1n) is 8.11. The fourth-order valence-corrected chi connectivity index (χ4v) is 3.44. The van der Waals surface area contributed by atoms with Gasteiger partial charge in [0.05, 0.1) is 4.91 Å². The summed E-state index contributed by atoms with van der Waals surface area (Å²) in [6.07, 6.45) is 1.53. The van der Waals surface area contributed by atoms with E-state index in [0.29, 0.717) is 22.3 Å². The number of carboxylic acids is 1. The summed E-state index contributed by atoms with van der Waals surface area (Å²) in [7, 11) is 0. The number of rotatable bonds is 5. The van der Waals surface area contributed by atoms with E-state index < -0.39 is 35.3 Å². The molecule has 3 N–H and O–H groups in total. The summed E-state index contributed by atoms with van der Waals surface area (Å²) in [5, 5.41) is 20.8. The van der Waals surface area contributed by atoms with E-state index >= 15 is 0 Å². The molecule has 0 spiro atoms. The summed E-state index contributed by atoms with van der Waals surface area (Å²) in [6, 6.07) is 10.2. The molecule has 0 unspecified atom stereocenters. The highest BCUT2D eigenvalue weighted by Gasteiger charge is 2.36. The first-order valence-corrected chi connectivity index (χ1v) is 9.31. The lowest BCUT2D eigenvalue weighted by atomic mass is 10.2. The Morgan fingerprint density at radius 2 is 1.83 bits per heavy atom. The van der Waals surface area contributed by atoms with Crippen molar-refractivity contribution in [1.29, 1.82) is 0 Å². The lowest BCUT2D eigenvalue weighted by Crippen LogP contribution is -2.36. The number of imide groups is 1. The van der Waals surface area contributed by atoms with E-state index in [2.05, 4.69) is 5.32 Å². The Hall–Kier alpha value is -3.30. The highest BCUT2D eigenvalue weighted by Crippen LogP contribution is 2.32. The lowest BCUT2D eigenvalue weighted by molar-refractivity contribution is -0.127. The van der Waals surface area contributed by atoms with Crippen LogP contribution in [-0.4, -0.2) is 44.7 Å². The Morgan fingerprint density at radius 1 is 1.14 bits per heavy atom. The van der Waals surface area contributed by atoms with Gasteiger partial charge in [-0.25, -0.2) is 4.79 Å². The van der Waals surface area contributed by atoms with Crippen molar-refractivity contribution in [2.75, 3.05) is 11.9 Å². The fourth-order valence-electron chi connectivity index (χ4n) is 2.48. The quantitative estimate of drug-likeness (QED) is 0.488. The van der Waals surface area contributed by atoms with Gasteiger partial charge in [0.1, 0.15) is 17.9 Å². The molecule has 148 valence electrons. The van der Waals surface area contributed by atoms with E-state index in [0.717, 1.165) is 17.0 Å².